The highest BCUT2D eigenvalue weighted by atomic mass is 35.5. The molecule has 0 fully saturated rings. The Morgan fingerprint density at radius 3 is 1.42 bits per heavy atom. The van der Waals surface area contributed by atoms with E-state index in [0.29, 0.717) is 35.8 Å². The zero-order chi connectivity index (χ0) is 17.9. The van der Waals surface area contributed by atoms with Crippen LogP contribution in [0.2, 0.25) is 0 Å². The third-order valence-corrected chi connectivity index (χ3v) is 2.49. The third kappa shape index (κ3) is 8.40. The third-order valence-electron chi connectivity index (χ3n) is 2.49. The zero-order valence-electron chi connectivity index (χ0n) is 14.5. The number of benzene rings is 1. The maximum absolute atomic E-state index is 5.67. The van der Waals surface area contributed by atoms with Gasteiger partial charge in [-0.2, -0.15) is 10.2 Å². The molecule has 0 saturated heterocycles. The molecule has 1 aromatic carbocycles. The van der Waals surface area contributed by atoms with Gasteiger partial charge in [-0.15, -0.1) is 35.0 Å². The van der Waals surface area contributed by atoms with Gasteiger partial charge in [0.2, 0.25) is 11.9 Å². The Hall–Kier alpha value is -2.72. The molecule has 1 aromatic rings. The molecule has 12 heteroatoms. The van der Waals surface area contributed by atoms with Gasteiger partial charge in [-0.3, -0.25) is 0 Å². The number of halogens is 2. The summed E-state index contributed by atoms with van der Waals surface area (Å²) in [6.45, 7) is 4.56. The van der Waals surface area contributed by atoms with Gasteiger partial charge in [-0.1, -0.05) is 0 Å². The molecule has 0 amide bonds. The van der Waals surface area contributed by atoms with Gasteiger partial charge in [0.25, 0.3) is 0 Å². The van der Waals surface area contributed by atoms with Crippen molar-refractivity contribution in [3.8, 4) is 11.5 Å². The second kappa shape index (κ2) is 13.6. The Morgan fingerprint density at radius 2 is 1.15 bits per heavy atom. The van der Waals surface area contributed by atoms with E-state index in [1.54, 1.807) is 12.1 Å². The van der Waals surface area contributed by atoms with Crippen molar-refractivity contribution < 1.29 is 9.47 Å². The Balaban J connectivity index is 0. The molecule has 0 radical (unpaired) electrons. The molecule has 0 spiro atoms. The van der Waals surface area contributed by atoms with Crippen LogP contribution in [0.3, 0.4) is 0 Å². The van der Waals surface area contributed by atoms with Gasteiger partial charge in [0.05, 0.1) is 25.6 Å². The molecule has 10 nitrogen and oxygen atoms in total. The molecular weight excluding hydrogens is 383 g/mol. The molecule has 0 aromatic heterocycles. The van der Waals surface area contributed by atoms with Crippen molar-refractivity contribution in [2.75, 3.05) is 13.2 Å². The van der Waals surface area contributed by atoms with Crippen molar-refractivity contribution in [2.24, 2.45) is 43.3 Å². The van der Waals surface area contributed by atoms with Gasteiger partial charge in [0.1, 0.15) is 0 Å². The van der Waals surface area contributed by atoms with Crippen LogP contribution in [-0.4, -0.2) is 37.6 Å². The fourth-order valence-electron chi connectivity index (χ4n) is 1.70. The maximum atomic E-state index is 5.67. The lowest BCUT2D eigenvalue weighted by Crippen LogP contribution is -2.21. The molecule has 146 valence electrons. The summed E-state index contributed by atoms with van der Waals surface area (Å²) in [7, 11) is 0. The normalized spacial score (nSPS) is 9.92. The SMILES string of the molecule is CCOc1c(/C=N/N=C(N)N)ccc(/C=N/N=C(N)N)c1OCC.Cl.Cl. The minimum absolute atomic E-state index is 0. The van der Waals surface area contributed by atoms with Crippen LogP contribution in [-0.2, 0) is 0 Å². The zero-order valence-corrected chi connectivity index (χ0v) is 16.1. The smallest absolute Gasteiger partial charge is 0.211 e. The van der Waals surface area contributed by atoms with Crippen molar-refractivity contribution in [3.05, 3.63) is 23.3 Å². The highest BCUT2D eigenvalue weighted by Gasteiger charge is 2.14. The molecule has 0 unspecified atom stereocenters. The summed E-state index contributed by atoms with van der Waals surface area (Å²) in [5.41, 5.74) is 22.3. The van der Waals surface area contributed by atoms with Gasteiger partial charge in [0.15, 0.2) is 11.5 Å². The average Bonchev–Trinajstić information content (AvgIpc) is 2.51. The summed E-state index contributed by atoms with van der Waals surface area (Å²) in [4.78, 5) is 0. The molecule has 1 rings (SSSR count). The minimum atomic E-state index is -0.143. The number of nitrogens with two attached hydrogens (primary N) is 4. The fourth-order valence-corrected chi connectivity index (χ4v) is 1.70. The molecule has 0 atom stereocenters. The van der Waals surface area contributed by atoms with Gasteiger partial charge >= 0.3 is 0 Å². The van der Waals surface area contributed by atoms with Gasteiger partial charge in [-0.05, 0) is 26.0 Å². The van der Waals surface area contributed by atoms with E-state index in [0.717, 1.165) is 0 Å². The summed E-state index contributed by atoms with van der Waals surface area (Å²) < 4.78 is 11.3. The minimum Gasteiger partial charge on any atom is -0.489 e. The number of ether oxygens (including phenoxy) is 2. The second-order valence-corrected chi connectivity index (χ2v) is 4.31. The second-order valence-electron chi connectivity index (χ2n) is 4.31. The number of nitrogens with zero attached hydrogens (tertiary/aromatic N) is 4. The Kier molecular flexibility index (Phi) is 13.3. The van der Waals surface area contributed by atoms with E-state index in [4.69, 9.17) is 32.4 Å². The van der Waals surface area contributed by atoms with Crippen molar-refractivity contribution in [2.45, 2.75) is 13.8 Å². The van der Waals surface area contributed by atoms with Crippen LogP contribution in [0, 0.1) is 0 Å². The molecule has 0 saturated carbocycles. The Labute approximate surface area is 164 Å². The first-order chi connectivity index (χ1) is 11.5. The molecule has 8 N–H and O–H groups in total. The summed E-state index contributed by atoms with van der Waals surface area (Å²) >= 11 is 0. The maximum Gasteiger partial charge on any atom is 0.211 e. The molecule has 0 bridgehead atoms. The van der Waals surface area contributed by atoms with Crippen LogP contribution >= 0.6 is 24.8 Å². The van der Waals surface area contributed by atoms with E-state index in [1.165, 1.54) is 12.4 Å². The van der Waals surface area contributed by atoms with E-state index in [2.05, 4.69) is 20.4 Å². The van der Waals surface area contributed by atoms with Crippen LogP contribution in [0.25, 0.3) is 0 Å². The Morgan fingerprint density at radius 1 is 0.808 bits per heavy atom. The molecule has 0 aliphatic carbocycles. The van der Waals surface area contributed by atoms with Crippen LogP contribution in [0.4, 0.5) is 0 Å². The van der Waals surface area contributed by atoms with E-state index >= 15 is 0 Å². The summed E-state index contributed by atoms with van der Waals surface area (Å²) in [6, 6.07) is 3.52. The van der Waals surface area contributed by atoms with Crippen LogP contribution < -0.4 is 32.4 Å². The van der Waals surface area contributed by atoms with Crippen molar-refractivity contribution >= 4 is 49.2 Å². The standard InChI is InChI=1S/C14H22N8O2.2ClH/c1-3-23-11-9(7-19-21-13(15)16)5-6-10(12(11)24-4-2)8-20-22-14(17)18;;/h5-8H,3-4H2,1-2H3,(H4,15,16,21)(H4,17,18,22);2*1H/b19-7+,20-8+;;. The van der Waals surface area contributed by atoms with Crippen LogP contribution in [0.5, 0.6) is 11.5 Å². The molecule has 0 aliphatic heterocycles. The highest BCUT2D eigenvalue weighted by molar-refractivity contribution is 5.92. The quantitative estimate of drug-likeness (QED) is 0.278. The predicted molar refractivity (Wildman–Crippen MR) is 110 cm³/mol. The van der Waals surface area contributed by atoms with E-state index in [9.17, 15) is 0 Å². The van der Waals surface area contributed by atoms with Gasteiger partial charge in [0, 0.05) is 11.1 Å². The molecule has 0 heterocycles. The molecule has 26 heavy (non-hydrogen) atoms. The van der Waals surface area contributed by atoms with Gasteiger partial charge < -0.3 is 32.4 Å². The number of hydrogen-bond donors (Lipinski definition) is 4. The first-order valence-corrected chi connectivity index (χ1v) is 7.16. The van der Waals surface area contributed by atoms with Crippen LogP contribution in [0.1, 0.15) is 25.0 Å². The van der Waals surface area contributed by atoms with E-state index in [1.807, 2.05) is 13.8 Å². The van der Waals surface area contributed by atoms with Crippen molar-refractivity contribution in [3.63, 3.8) is 0 Å². The summed E-state index contributed by atoms with van der Waals surface area (Å²) in [6.07, 6.45) is 2.92. The topological polar surface area (TPSA) is 172 Å². The molecule has 0 aliphatic rings. The van der Waals surface area contributed by atoms with Crippen molar-refractivity contribution in [1.29, 1.82) is 0 Å². The molecular formula is C14H24Cl2N8O2. The predicted octanol–water partition coefficient (Wildman–Crippen LogP) is 0.542. The largest absolute Gasteiger partial charge is 0.489 e. The highest BCUT2D eigenvalue weighted by Crippen LogP contribution is 2.34. The number of rotatable bonds is 8. The summed E-state index contributed by atoms with van der Waals surface area (Å²) in [5, 5.41) is 14.7. The number of hydrogen-bond acceptors (Lipinski definition) is 6. The fraction of sp³-hybridized carbons (Fsp3) is 0.286. The first kappa shape index (κ1) is 25.5. The monoisotopic (exact) mass is 406 g/mol. The van der Waals surface area contributed by atoms with E-state index < -0.39 is 0 Å². The number of guanidine groups is 2. The van der Waals surface area contributed by atoms with Gasteiger partial charge in [-0.25, -0.2) is 0 Å². The van der Waals surface area contributed by atoms with E-state index in [-0.39, 0.29) is 36.7 Å². The lowest BCUT2D eigenvalue weighted by molar-refractivity contribution is 0.287. The Bertz CT molecular complexity index is 612. The lowest BCUT2D eigenvalue weighted by atomic mass is 10.1. The first-order valence-electron chi connectivity index (χ1n) is 7.16. The lowest BCUT2D eigenvalue weighted by Gasteiger charge is -2.15. The van der Waals surface area contributed by atoms with Crippen molar-refractivity contribution in [1.82, 2.24) is 0 Å². The van der Waals surface area contributed by atoms with Crippen LogP contribution in [0.15, 0.2) is 32.5 Å². The average molecular weight is 407 g/mol. The summed E-state index contributed by atoms with van der Waals surface area (Å²) in [5.74, 6) is 0.690.